The summed E-state index contributed by atoms with van der Waals surface area (Å²) >= 11 is 0. The molecule has 0 saturated heterocycles. The minimum Gasteiger partial charge on any atom is -0.330 e. The Morgan fingerprint density at radius 3 is 2.38 bits per heavy atom. The number of nitrogens with two attached hydrogens (primary N) is 1. The van der Waals surface area contributed by atoms with Gasteiger partial charge in [0.2, 0.25) is 0 Å². The SMILES string of the molecule is CC1(CNCC2CCCCC2CN)CCC1. The lowest BCUT2D eigenvalue weighted by molar-refractivity contribution is 0.146. The van der Waals surface area contributed by atoms with Gasteiger partial charge in [-0.15, -0.1) is 0 Å². The molecular weight excluding hydrogens is 196 g/mol. The van der Waals surface area contributed by atoms with Crippen LogP contribution >= 0.6 is 0 Å². The third-order valence-electron chi connectivity index (χ3n) is 4.89. The molecule has 0 bridgehead atoms. The summed E-state index contributed by atoms with van der Waals surface area (Å²) in [6, 6.07) is 0. The van der Waals surface area contributed by atoms with Crippen LogP contribution in [0.2, 0.25) is 0 Å². The Morgan fingerprint density at radius 1 is 1.12 bits per heavy atom. The average Bonchev–Trinajstić information content (AvgIpc) is 2.27. The van der Waals surface area contributed by atoms with Crippen molar-refractivity contribution >= 4 is 0 Å². The van der Waals surface area contributed by atoms with Gasteiger partial charge in [0.05, 0.1) is 0 Å². The molecule has 2 rings (SSSR count). The molecule has 16 heavy (non-hydrogen) atoms. The fraction of sp³-hybridized carbons (Fsp3) is 1.00. The zero-order chi connectivity index (χ0) is 11.4. The molecule has 2 nitrogen and oxygen atoms in total. The van der Waals surface area contributed by atoms with Crippen LogP contribution in [0.4, 0.5) is 0 Å². The van der Waals surface area contributed by atoms with E-state index in [-0.39, 0.29) is 0 Å². The summed E-state index contributed by atoms with van der Waals surface area (Å²) < 4.78 is 0. The van der Waals surface area contributed by atoms with Gasteiger partial charge in [-0.2, -0.15) is 0 Å². The van der Waals surface area contributed by atoms with E-state index in [1.165, 1.54) is 58.0 Å². The molecule has 2 heteroatoms. The van der Waals surface area contributed by atoms with Crippen molar-refractivity contribution in [1.82, 2.24) is 5.32 Å². The van der Waals surface area contributed by atoms with Crippen molar-refractivity contribution in [2.24, 2.45) is 23.0 Å². The highest BCUT2D eigenvalue weighted by Crippen LogP contribution is 2.39. The molecule has 2 aliphatic rings. The minimum absolute atomic E-state index is 0.618. The van der Waals surface area contributed by atoms with Crippen LogP contribution in [0.25, 0.3) is 0 Å². The molecule has 0 aliphatic heterocycles. The topological polar surface area (TPSA) is 38.0 Å². The van der Waals surface area contributed by atoms with E-state index in [0.717, 1.165) is 18.4 Å². The van der Waals surface area contributed by atoms with Crippen LogP contribution < -0.4 is 11.1 Å². The summed E-state index contributed by atoms with van der Waals surface area (Å²) in [7, 11) is 0. The Labute approximate surface area is 100 Å². The van der Waals surface area contributed by atoms with Gasteiger partial charge in [-0.25, -0.2) is 0 Å². The number of rotatable bonds is 5. The Balaban J connectivity index is 1.67. The van der Waals surface area contributed by atoms with Crippen LogP contribution in [0.5, 0.6) is 0 Å². The summed E-state index contributed by atoms with van der Waals surface area (Å²) in [5.74, 6) is 1.64. The lowest BCUT2D eigenvalue weighted by Gasteiger charge is -2.39. The maximum atomic E-state index is 5.86. The van der Waals surface area contributed by atoms with Gasteiger partial charge in [-0.05, 0) is 56.0 Å². The zero-order valence-electron chi connectivity index (χ0n) is 10.8. The summed E-state index contributed by atoms with van der Waals surface area (Å²) in [4.78, 5) is 0. The molecule has 2 aliphatic carbocycles. The summed E-state index contributed by atoms with van der Waals surface area (Å²) in [5, 5.41) is 3.71. The highest BCUT2D eigenvalue weighted by atomic mass is 14.9. The van der Waals surface area contributed by atoms with Gasteiger partial charge >= 0.3 is 0 Å². The first-order valence-electron chi connectivity index (χ1n) is 7.14. The predicted molar refractivity (Wildman–Crippen MR) is 69.3 cm³/mol. The quantitative estimate of drug-likeness (QED) is 0.753. The summed E-state index contributed by atoms with van der Waals surface area (Å²) in [6.45, 7) is 5.74. The first kappa shape index (κ1) is 12.4. The molecule has 0 aromatic carbocycles. The fourth-order valence-electron chi connectivity index (χ4n) is 3.38. The maximum absolute atomic E-state index is 5.86. The molecular formula is C14H28N2. The van der Waals surface area contributed by atoms with Gasteiger partial charge in [0.15, 0.2) is 0 Å². The van der Waals surface area contributed by atoms with Crippen molar-refractivity contribution in [3.63, 3.8) is 0 Å². The Morgan fingerprint density at radius 2 is 1.81 bits per heavy atom. The van der Waals surface area contributed by atoms with Crippen LogP contribution in [-0.4, -0.2) is 19.6 Å². The van der Waals surface area contributed by atoms with Crippen LogP contribution in [0, 0.1) is 17.3 Å². The molecule has 0 aromatic rings. The normalized spacial score (nSPS) is 33.4. The third kappa shape index (κ3) is 2.98. The second-order valence-electron chi connectivity index (χ2n) is 6.34. The Hall–Kier alpha value is -0.0800. The Bertz CT molecular complexity index is 211. The molecule has 2 unspecified atom stereocenters. The standard InChI is InChI=1S/C14H28N2/c1-14(7-4-8-14)11-16-10-13-6-3-2-5-12(13)9-15/h12-13,16H,2-11,15H2,1H3. The molecule has 2 fully saturated rings. The van der Waals surface area contributed by atoms with Gasteiger partial charge in [-0.3, -0.25) is 0 Å². The smallest absolute Gasteiger partial charge is 0.000528 e. The van der Waals surface area contributed by atoms with E-state index in [9.17, 15) is 0 Å². The first-order chi connectivity index (χ1) is 7.73. The number of nitrogens with one attached hydrogen (secondary N) is 1. The number of hydrogen-bond acceptors (Lipinski definition) is 2. The van der Waals surface area contributed by atoms with E-state index < -0.39 is 0 Å². The van der Waals surface area contributed by atoms with E-state index in [2.05, 4.69) is 12.2 Å². The molecule has 0 spiro atoms. The van der Waals surface area contributed by atoms with E-state index in [4.69, 9.17) is 5.73 Å². The van der Waals surface area contributed by atoms with Gasteiger partial charge in [0.1, 0.15) is 0 Å². The molecule has 0 radical (unpaired) electrons. The van der Waals surface area contributed by atoms with Crippen LogP contribution in [0.3, 0.4) is 0 Å². The second kappa shape index (κ2) is 5.50. The van der Waals surface area contributed by atoms with E-state index >= 15 is 0 Å². The molecule has 3 N–H and O–H groups in total. The van der Waals surface area contributed by atoms with Gasteiger partial charge < -0.3 is 11.1 Å². The second-order valence-corrected chi connectivity index (χ2v) is 6.34. The van der Waals surface area contributed by atoms with E-state index in [0.29, 0.717) is 5.41 Å². The van der Waals surface area contributed by atoms with Crippen molar-refractivity contribution in [1.29, 1.82) is 0 Å². The zero-order valence-corrected chi connectivity index (χ0v) is 10.8. The van der Waals surface area contributed by atoms with Gasteiger partial charge in [0.25, 0.3) is 0 Å². The Kier molecular flexibility index (Phi) is 4.26. The van der Waals surface area contributed by atoms with Gasteiger partial charge in [-0.1, -0.05) is 26.2 Å². The average molecular weight is 224 g/mol. The van der Waals surface area contributed by atoms with Crippen molar-refractivity contribution in [2.45, 2.75) is 51.9 Å². The van der Waals surface area contributed by atoms with E-state index in [1.54, 1.807) is 0 Å². The minimum atomic E-state index is 0.618. The van der Waals surface area contributed by atoms with Crippen molar-refractivity contribution in [3.8, 4) is 0 Å². The van der Waals surface area contributed by atoms with E-state index in [1.807, 2.05) is 0 Å². The van der Waals surface area contributed by atoms with Crippen LogP contribution in [-0.2, 0) is 0 Å². The van der Waals surface area contributed by atoms with Crippen molar-refractivity contribution in [2.75, 3.05) is 19.6 Å². The monoisotopic (exact) mass is 224 g/mol. The van der Waals surface area contributed by atoms with Gasteiger partial charge in [0, 0.05) is 6.54 Å². The highest BCUT2D eigenvalue weighted by molar-refractivity contribution is 4.86. The number of hydrogen-bond donors (Lipinski definition) is 2. The van der Waals surface area contributed by atoms with Crippen molar-refractivity contribution in [3.05, 3.63) is 0 Å². The molecule has 2 atom stereocenters. The maximum Gasteiger partial charge on any atom is 0.000528 e. The molecule has 0 heterocycles. The molecule has 0 aromatic heterocycles. The predicted octanol–water partition coefficient (Wildman–Crippen LogP) is 2.53. The summed E-state index contributed by atoms with van der Waals surface area (Å²) in [6.07, 6.45) is 9.85. The largest absolute Gasteiger partial charge is 0.330 e. The van der Waals surface area contributed by atoms with Crippen LogP contribution in [0.15, 0.2) is 0 Å². The lowest BCUT2D eigenvalue weighted by Crippen LogP contribution is -2.41. The first-order valence-corrected chi connectivity index (χ1v) is 7.14. The molecule has 0 amide bonds. The fourth-order valence-corrected chi connectivity index (χ4v) is 3.38. The highest BCUT2D eigenvalue weighted by Gasteiger charge is 2.31. The molecule has 94 valence electrons. The lowest BCUT2D eigenvalue weighted by atomic mass is 9.70. The molecule has 2 saturated carbocycles. The summed E-state index contributed by atoms with van der Waals surface area (Å²) in [5.41, 5.74) is 6.48. The third-order valence-corrected chi connectivity index (χ3v) is 4.89. The van der Waals surface area contributed by atoms with Crippen molar-refractivity contribution < 1.29 is 0 Å². The van der Waals surface area contributed by atoms with Crippen LogP contribution in [0.1, 0.15) is 51.9 Å².